The van der Waals surface area contributed by atoms with Crippen molar-refractivity contribution < 1.29 is 18.7 Å². The number of halogens is 2. The third-order valence-corrected chi connectivity index (χ3v) is 3.98. The molecule has 0 spiro atoms. The maximum absolute atomic E-state index is 13.8. The Labute approximate surface area is 148 Å². The summed E-state index contributed by atoms with van der Waals surface area (Å²) in [5.74, 6) is -2.08. The monoisotopic (exact) mass is 368 g/mol. The molecule has 134 valence electrons. The highest BCUT2D eigenvalue weighted by Gasteiger charge is 2.21. The van der Waals surface area contributed by atoms with Crippen molar-refractivity contribution in [2.45, 2.75) is 33.4 Å². The summed E-state index contributed by atoms with van der Waals surface area (Å²) >= 11 is 5.78. The van der Waals surface area contributed by atoms with Gasteiger partial charge in [-0.1, -0.05) is 11.6 Å². The third kappa shape index (κ3) is 3.82. The number of aromatic nitrogens is 1. The SMILES string of the molecule is CCOC(=O)[C@H](C)NC(=O)c1cn(CC)c2cc(Cl)c(F)cc2c1=O. The molecule has 8 heteroatoms. The van der Waals surface area contributed by atoms with Gasteiger partial charge in [0.15, 0.2) is 0 Å². The zero-order valence-electron chi connectivity index (χ0n) is 14.1. The third-order valence-electron chi connectivity index (χ3n) is 3.70. The van der Waals surface area contributed by atoms with Crippen molar-refractivity contribution in [2.24, 2.45) is 0 Å². The molecule has 0 saturated heterocycles. The summed E-state index contributed by atoms with van der Waals surface area (Å²) in [6.45, 7) is 5.53. The molecule has 1 heterocycles. The van der Waals surface area contributed by atoms with Crippen LogP contribution in [0.4, 0.5) is 4.39 Å². The quantitative estimate of drug-likeness (QED) is 0.822. The van der Waals surface area contributed by atoms with E-state index in [-0.39, 0.29) is 22.6 Å². The van der Waals surface area contributed by atoms with Gasteiger partial charge in [0.2, 0.25) is 5.43 Å². The van der Waals surface area contributed by atoms with Crippen LogP contribution in [0.1, 0.15) is 31.1 Å². The molecule has 0 unspecified atom stereocenters. The van der Waals surface area contributed by atoms with Crippen LogP contribution < -0.4 is 10.7 Å². The number of nitrogens with zero attached hydrogens (tertiary/aromatic N) is 1. The molecular formula is C17H18ClFN2O4. The van der Waals surface area contributed by atoms with Crippen LogP contribution in [0.15, 0.2) is 23.1 Å². The Kier molecular flexibility index (Phi) is 5.79. The number of amides is 1. The number of benzene rings is 1. The van der Waals surface area contributed by atoms with E-state index in [4.69, 9.17) is 16.3 Å². The summed E-state index contributed by atoms with van der Waals surface area (Å²) in [4.78, 5) is 36.6. The molecule has 1 amide bonds. The Bertz CT molecular complexity index is 894. The minimum Gasteiger partial charge on any atom is -0.464 e. The number of ether oxygens (including phenoxy) is 1. The molecule has 25 heavy (non-hydrogen) atoms. The predicted octanol–water partition coefficient (Wildman–Crippen LogP) is 2.50. The van der Waals surface area contributed by atoms with E-state index < -0.39 is 29.2 Å². The van der Waals surface area contributed by atoms with Crippen molar-refractivity contribution >= 4 is 34.4 Å². The first kappa shape index (κ1) is 18.9. The van der Waals surface area contributed by atoms with Crippen molar-refractivity contribution in [2.75, 3.05) is 6.61 Å². The lowest BCUT2D eigenvalue weighted by Gasteiger charge is -2.15. The molecule has 0 aliphatic heterocycles. The molecule has 0 aliphatic carbocycles. The molecular weight excluding hydrogens is 351 g/mol. The summed E-state index contributed by atoms with van der Waals surface area (Å²) in [5.41, 5.74) is -0.398. The summed E-state index contributed by atoms with van der Waals surface area (Å²) in [6, 6.07) is 1.44. The lowest BCUT2D eigenvalue weighted by molar-refractivity contribution is -0.144. The number of fused-ring (bicyclic) bond motifs is 1. The summed E-state index contributed by atoms with van der Waals surface area (Å²) in [7, 11) is 0. The first-order valence-electron chi connectivity index (χ1n) is 7.79. The van der Waals surface area contributed by atoms with E-state index in [2.05, 4.69) is 5.32 Å². The van der Waals surface area contributed by atoms with Crippen LogP contribution in [0.5, 0.6) is 0 Å². The van der Waals surface area contributed by atoms with E-state index in [1.165, 1.54) is 19.2 Å². The van der Waals surface area contributed by atoms with Gasteiger partial charge in [-0.3, -0.25) is 9.59 Å². The van der Waals surface area contributed by atoms with Crippen LogP contribution in [0.25, 0.3) is 10.9 Å². The summed E-state index contributed by atoms with van der Waals surface area (Å²) in [5, 5.41) is 2.35. The molecule has 0 fully saturated rings. The van der Waals surface area contributed by atoms with Gasteiger partial charge in [-0.2, -0.15) is 0 Å². The standard InChI is InChI=1S/C17H18ClFN2O4/c1-4-21-8-11(16(23)20-9(3)17(24)25-5-2)15(22)10-6-13(19)12(18)7-14(10)21/h6-9H,4-5H2,1-3H3,(H,20,23)/t9-/m0/s1. The topological polar surface area (TPSA) is 77.4 Å². The van der Waals surface area contributed by atoms with Gasteiger partial charge in [-0.15, -0.1) is 0 Å². The van der Waals surface area contributed by atoms with Gasteiger partial charge in [0.05, 0.1) is 17.1 Å². The van der Waals surface area contributed by atoms with E-state index in [0.717, 1.165) is 6.07 Å². The summed E-state index contributed by atoms with van der Waals surface area (Å²) in [6.07, 6.45) is 1.37. The zero-order valence-corrected chi connectivity index (χ0v) is 14.8. The lowest BCUT2D eigenvalue weighted by atomic mass is 10.1. The van der Waals surface area contributed by atoms with E-state index in [1.54, 1.807) is 11.5 Å². The van der Waals surface area contributed by atoms with Crippen molar-refractivity contribution in [1.29, 1.82) is 0 Å². The molecule has 1 aromatic heterocycles. The fourth-order valence-electron chi connectivity index (χ4n) is 2.41. The number of nitrogens with one attached hydrogen (secondary N) is 1. The van der Waals surface area contributed by atoms with Crippen molar-refractivity contribution in [1.82, 2.24) is 9.88 Å². The fourth-order valence-corrected chi connectivity index (χ4v) is 2.57. The minimum absolute atomic E-state index is 0.0418. The second-order valence-electron chi connectivity index (χ2n) is 5.39. The fraction of sp³-hybridized carbons (Fsp3) is 0.353. The van der Waals surface area contributed by atoms with Crippen LogP contribution in [-0.4, -0.2) is 29.1 Å². The molecule has 2 rings (SSSR count). The average Bonchev–Trinajstić information content (AvgIpc) is 2.57. The van der Waals surface area contributed by atoms with Crippen LogP contribution in [-0.2, 0) is 16.1 Å². The first-order chi connectivity index (χ1) is 11.8. The van der Waals surface area contributed by atoms with Crippen molar-refractivity contribution in [3.8, 4) is 0 Å². The van der Waals surface area contributed by atoms with Gasteiger partial charge in [0.25, 0.3) is 5.91 Å². The van der Waals surface area contributed by atoms with Crippen LogP contribution in [0, 0.1) is 5.82 Å². The number of rotatable bonds is 5. The van der Waals surface area contributed by atoms with Crippen LogP contribution >= 0.6 is 11.6 Å². The van der Waals surface area contributed by atoms with E-state index in [0.29, 0.717) is 12.1 Å². The number of aryl methyl sites for hydroxylation is 1. The molecule has 0 bridgehead atoms. The Morgan fingerprint density at radius 2 is 2.04 bits per heavy atom. The minimum atomic E-state index is -0.917. The Balaban J connectivity index is 2.50. The van der Waals surface area contributed by atoms with E-state index in [1.807, 2.05) is 6.92 Å². The average molecular weight is 369 g/mol. The highest BCUT2D eigenvalue weighted by molar-refractivity contribution is 6.31. The molecule has 0 aliphatic rings. The Hall–Kier alpha value is -2.41. The normalized spacial score (nSPS) is 12.0. The maximum atomic E-state index is 13.8. The number of esters is 1. The molecule has 0 radical (unpaired) electrons. The lowest BCUT2D eigenvalue weighted by Crippen LogP contribution is -2.41. The zero-order chi connectivity index (χ0) is 18.7. The van der Waals surface area contributed by atoms with E-state index >= 15 is 0 Å². The van der Waals surface area contributed by atoms with Gasteiger partial charge >= 0.3 is 5.97 Å². The highest BCUT2D eigenvalue weighted by atomic mass is 35.5. The molecule has 2 aromatic rings. The molecule has 1 aromatic carbocycles. The van der Waals surface area contributed by atoms with Gasteiger partial charge in [-0.05, 0) is 32.9 Å². The molecule has 6 nitrogen and oxygen atoms in total. The molecule has 1 N–H and O–H groups in total. The molecule has 0 saturated carbocycles. The highest BCUT2D eigenvalue weighted by Crippen LogP contribution is 2.21. The number of carbonyl (C=O) groups is 2. The van der Waals surface area contributed by atoms with Gasteiger partial charge in [-0.25, -0.2) is 9.18 Å². The summed E-state index contributed by atoms with van der Waals surface area (Å²) < 4.78 is 20.2. The Morgan fingerprint density at radius 1 is 1.36 bits per heavy atom. The van der Waals surface area contributed by atoms with Crippen LogP contribution in [0.2, 0.25) is 5.02 Å². The van der Waals surface area contributed by atoms with Gasteiger partial charge in [0.1, 0.15) is 17.4 Å². The van der Waals surface area contributed by atoms with E-state index in [9.17, 15) is 18.8 Å². The largest absolute Gasteiger partial charge is 0.464 e. The smallest absolute Gasteiger partial charge is 0.328 e. The number of pyridine rings is 1. The maximum Gasteiger partial charge on any atom is 0.328 e. The first-order valence-corrected chi connectivity index (χ1v) is 8.17. The molecule has 1 atom stereocenters. The van der Waals surface area contributed by atoms with Gasteiger partial charge in [0, 0.05) is 18.1 Å². The number of hydrogen-bond acceptors (Lipinski definition) is 4. The van der Waals surface area contributed by atoms with Crippen LogP contribution in [0.3, 0.4) is 0 Å². The second kappa shape index (κ2) is 7.65. The number of hydrogen-bond donors (Lipinski definition) is 1. The van der Waals surface area contributed by atoms with Gasteiger partial charge < -0.3 is 14.6 Å². The Morgan fingerprint density at radius 3 is 2.64 bits per heavy atom. The van der Waals surface area contributed by atoms with Crippen molar-refractivity contribution in [3.05, 3.63) is 45.0 Å². The number of carbonyl (C=O) groups excluding carboxylic acids is 2. The predicted molar refractivity (Wildman–Crippen MR) is 92.4 cm³/mol. The second-order valence-corrected chi connectivity index (χ2v) is 5.80. The van der Waals surface area contributed by atoms with Crippen molar-refractivity contribution in [3.63, 3.8) is 0 Å².